The Morgan fingerprint density at radius 1 is 1.00 bits per heavy atom. The van der Waals surface area contributed by atoms with Gasteiger partial charge in [0.2, 0.25) is 0 Å². The lowest BCUT2D eigenvalue weighted by molar-refractivity contribution is 0.0147. The first-order valence-electron chi connectivity index (χ1n) is 11.3. The van der Waals surface area contributed by atoms with Gasteiger partial charge in [0.05, 0.1) is 6.61 Å². The van der Waals surface area contributed by atoms with E-state index < -0.39 is 5.60 Å². The lowest BCUT2D eigenvalue weighted by Crippen LogP contribution is -2.53. The molecule has 0 aromatic carbocycles. The van der Waals surface area contributed by atoms with Crippen LogP contribution < -0.4 is 10.6 Å². The van der Waals surface area contributed by atoms with E-state index in [1.165, 1.54) is 0 Å². The second-order valence-corrected chi connectivity index (χ2v) is 8.91. The molecular formula is C21H40N6O4. The summed E-state index contributed by atoms with van der Waals surface area (Å²) in [7, 11) is 1.77. The average molecular weight is 441 g/mol. The van der Waals surface area contributed by atoms with E-state index in [1.54, 1.807) is 16.8 Å². The molecule has 2 heterocycles. The first-order chi connectivity index (χ1) is 14.7. The number of piperazine rings is 1. The predicted octanol–water partition coefficient (Wildman–Crippen LogP) is 1.33. The molecule has 0 spiro atoms. The normalized spacial score (nSPS) is 19.2. The first-order valence-corrected chi connectivity index (χ1v) is 11.3. The summed E-state index contributed by atoms with van der Waals surface area (Å²) in [5.74, 6) is 0.780. The maximum atomic E-state index is 12.2. The number of piperidine rings is 1. The van der Waals surface area contributed by atoms with Gasteiger partial charge in [-0.1, -0.05) is 0 Å². The minimum Gasteiger partial charge on any atom is -0.450 e. The molecule has 2 saturated heterocycles. The van der Waals surface area contributed by atoms with Crippen molar-refractivity contribution in [1.29, 1.82) is 0 Å². The van der Waals surface area contributed by atoms with E-state index in [-0.39, 0.29) is 18.2 Å². The van der Waals surface area contributed by atoms with Crippen molar-refractivity contribution in [3.8, 4) is 0 Å². The largest absolute Gasteiger partial charge is 0.450 e. The number of hydrogen-bond donors (Lipinski definition) is 2. The fraction of sp³-hybridized carbons (Fsp3) is 0.857. The second kappa shape index (κ2) is 12.0. The smallest absolute Gasteiger partial charge is 0.410 e. The molecule has 0 saturated carbocycles. The molecule has 0 atom stereocenters. The quantitative estimate of drug-likeness (QED) is 0.491. The summed E-state index contributed by atoms with van der Waals surface area (Å²) in [5, 5.41) is 6.82. The maximum absolute atomic E-state index is 12.2. The van der Waals surface area contributed by atoms with Crippen LogP contribution in [0.3, 0.4) is 0 Å². The molecule has 31 heavy (non-hydrogen) atoms. The highest BCUT2D eigenvalue weighted by Gasteiger charge is 2.26. The van der Waals surface area contributed by atoms with Crippen LogP contribution in [-0.2, 0) is 9.47 Å². The molecule has 10 heteroatoms. The zero-order chi connectivity index (χ0) is 22.9. The van der Waals surface area contributed by atoms with Crippen molar-refractivity contribution in [1.82, 2.24) is 25.3 Å². The van der Waals surface area contributed by atoms with Crippen LogP contribution in [0.5, 0.6) is 0 Å². The van der Waals surface area contributed by atoms with Crippen LogP contribution in [0.1, 0.15) is 40.5 Å². The Bertz CT molecular complexity index is 605. The lowest BCUT2D eigenvalue weighted by atomic mass is 10.1. The zero-order valence-electron chi connectivity index (χ0n) is 19.8. The predicted molar refractivity (Wildman–Crippen MR) is 120 cm³/mol. The Hall–Kier alpha value is -2.23. The van der Waals surface area contributed by atoms with Crippen molar-refractivity contribution in [2.24, 2.45) is 4.99 Å². The number of rotatable bonds is 5. The van der Waals surface area contributed by atoms with E-state index in [0.717, 1.165) is 45.0 Å². The fourth-order valence-corrected chi connectivity index (χ4v) is 3.62. The van der Waals surface area contributed by atoms with Crippen LogP contribution in [0.15, 0.2) is 4.99 Å². The van der Waals surface area contributed by atoms with E-state index in [2.05, 4.69) is 20.5 Å². The van der Waals surface area contributed by atoms with E-state index in [4.69, 9.17) is 9.47 Å². The number of hydrogen-bond acceptors (Lipinski definition) is 6. The van der Waals surface area contributed by atoms with Crippen molar-refractivity contribution in [3.63, 3.8) is 0 Å². The van der Waals surface area contributed by atoms with Gasteiger partial charge < -0.3 is 29.9 Å². The summed E-state index contributed by atoms with van der Waals surface area (Å²) in [6.07, 6.45) is 1.28. The summed E-state index contributed by atoms with van der Waals surface area (Å²) < 4.78 is 10.5. The SMILES string of the molecule is CCOC(=O)N1CCC(NC(=NC)NCCN2CCN(C(=O)OC(C)(C)C)CC2)CC1. The van der Waals surface area contributed by atoms with E-state index >= 15 is 0 Å². The van der Waals surface area contributed by atoms with Crippen LogP contribution in [0, 0.1) is 0 Å². The molecule has 2 fully saturated rings. The van der Waals surface area contributed by atoms with Crippen LogP contribution in [0.4, 0.5) is 9.59 Å². The van der Waals surface area contributed by atoms with E-state index in [0.29, 0.717) is 32.8 Å². The molecule has 0 unspecified atom stereocenters. The average Bonchev–Trinajstić information content (AvgIpc) is 2.73. The topological polar surface area (TPSA) is 98.7 Å². The third kappa shape index (κ3) is 8.80. The summed E-state index contributed by atoms with van der Waals surface area (Å²) in [5.41, 5.74) is -0.462. The Balaban J connectivity index is 1.63. The number of aliphatic imine (C=N–C) groups is 1. The maximum Gasteiger partial charge on any atom is 0.410 e. The molecular weight excluding hydrogens is 400 g/mol. The minimum atomic E-state index is -0.462. The van der Waals surface area contributed by atoms with Gasteiger partial charge in [-0.25, -0.2) is 9.59 Å². The van der Waals surface area contributed by atoms with Crippen LogP contribution in [-0.4, -0.2) is 111 Å². The lowest BCUT2D eigenvalue weighted by Gasteiger charge is -2.35. The van der Waals surface area contributed by atoms with Crippen LogP contribution in [0.25, 0.3) is 0 Å². The van der Waals surface area contributed by atoms with Crippen molar-refractivity contribution < 1.29 is 19.1 Å². The third-order valence-electron chi connectivity index (χ3n) is 5.33. The number of amides is 2. The standard InChI is InChI=1S/C21H40N6O4/c1-6-30-19(28)26-10-7-17(8-11-26)24-18(22-5)23-9-12-25-13-15-27(16-14-25)20(29)31-21(2,3)4/h17H,6-16H2,1-5H3,(H2,22,23,24). The van der Waals surface area contributed by atoms with Gasteiger partial charge in [-0.05, 0) is 40.5 Å². The fourth-order valence-electron chi connectivity index (χ4n) is 3.62. The number of carbonyl (C=O) groups excluding carboxylic acids is 2. The van der Waals surface area contributed by atoms with Gasteiger partial charge in [0, 0.05) is 65.4 Å². The van der Waals surface area contributed by atoms with Crippen molar-refractivity contribution in [3.05, 3.63) is 0 Å². The Kier molecular flexibility index (Phi) is 9.67. The minimum absolute atomic E-state index is 0.227. The molecule has 0 aromatic heterocycles. The zero-order valence-corrected chi connectivity index (χ0v) is 19.8. The molecule has 0 radical (unpaired) electrons. The number of likely N-dealkylation sites (tertiary alicyclic amines) is 1. The number of guanidine groups is 1. The molecule has 178 valence electrons. The van der Waals surface area contributed by atoms with Crippen molar-refractivity contribution >= 4 is 18.1 Å². The number of nitrogens with one attached hydrogen (secondary N) is 2. The Labute approximate surface area is 186 Å². The number of nitrogens with zero attached hydrogens (tertiary/aromatic N) is 4. The molecule has 2 aliphatic rings. The number of carbonyl (C=O) groups is 2. The van der Waals surface area contributed by atoms with E-state index in [9.17, 15) is 9.59 Å². The van der Waals surface area contributed by atoms with Crippen LogP contribution in [0.2, 0.25) is 0 Å². The van der Waals surface area contributed by atoms with Crippen molar-refractivity contribution in [2.75, 3.05) is 66.0 Å². The molecule has 2 N–H and O–H groups in total. The molecule has 10 nitrogen and oxygen atoms in total. The molecule has 0 aliphatic carbocycles. The molecule has 2 aliphatic heterocycles. The highest BCUT2D eigenvalue weighted by Crippen LogP contribution is 2.12. The first kappa shape index (κ1) is 25.0. The molecule has 2 amide bonds. The Morgan fingerprint density at radius 2 is 1.61 bits per heavy atom. The third-order valence-corrected chi connectivity index (χ3v) is 5.33. The summed E-state index contributed by atoms with van der Waals surface area (Å²) >= 11 is 0. The Morgan fingerprint density at radius 3 is 2.16 bits per heavy atom. The van der Waals surface area contributed by atoms with Gasteiger partial charge in [0.25, 0.3) is 0 Å². The molecule has 0 aromatic rings. The van der Waals surface area contributed by atoms with Crippen LogP contribution >= 0.6 is 0 Å². The van der Waals surface area contributed by atoms with Gasteiger partial charge in [-0.15, -0.1) is 0 Å². The van der Waals surface area contributed by atoms with Gasteiger partial charge in [-0.2, -0.15) is 0 Å². The highest BCUT2D eigenvalue weighted by atomic mass is 16.6. The summed E-state index contributed by atoms with van der Waals surface area (Å²) in [6.45, 7) is 13.9. The van der Waals surface area contributed by atoms with Gasteiger partial charge in [0.1, 0.15) is 5.60 Å². The highest BCUT2D eigenvalue weighted by molar-refractivity contribution is 5.80. The molecule has 2 rings (SSSR count). The van der Waals surface area contributed by atoms with E-state index in [1.807, 2.05) is 27.7 Å². The summed E-state index contributed by atoms with van der Waals surface area (Å²) in [4.78, 5) is 34.2. The van der Waals surface area contributed by atoms with Gasteiger partial charge >= 0.3 is 12.2 Å². The van der Waals surface area contributed by atoms with Gasteiger partial charge in [-0.3, -0.25) is 9.89 Å². The summed E-state index contributed by atoms with van der Waals surface area (Å²) in [6, 6.07) is 0.286. The van der Waals surface area contributed by atoms with Crippen molar-refractivity contribution in [2.45, 2.75) is 52.2 Å². The van der Waals surface area contributed by atoms with Gasteiger partial charge in [0.15, 0.2) is 5.96 Å². The second-order valence-electron chi connectivity index (χ2n) is 8.91. The number of ether oxygens (including phenoxy) is 2. The molecule has 0 bridgehead atoms. The monoisotopic (exact) mass is 440 g/mol.